The lowest BCUT2D eigenvalue weighted by atomic mass is 9.77. The summed E-state index contributed by atoms with van der Waals surface area (Å²) in [7, 11) is -1.63. The standard InChI is InChI=1S/C15H32O2Si/c1-13(2)15(6,12-16)10-9-11-17-18(7,8)14(3,4)5/h12-13H,9-11H2,1-8H3/t15-/m1/s1. The highest BCUT2D eigenvalue weighted by Gasteiger charge is 2.37. The molecule has 0 aromatic heterocycles. The van der Waals surface area contributed by atoms with Crippen molar-refractivity contribution in [2.75, 3.05) is 6.61 Å². The fraction of sp³-hybridized carbons (Fsp3) is 0.933. The van der Waals surface area contributed by atoms with Crippen LogP contribution in [0.3, 0.4) is 0 Å². The summed E-state index contributed by atoms with van der Waals surface area (Å²) in [6, 6.07) is 0. The molecule has 0 rings (SSSR count). The van der Waals surface area contributed by atoms with Gasteiger partial charge in [-0.15, -0.1) is 0 Å². The summed E-state index contributed by atoms with van der Waals surface area (Å²) in [6.45, 7) is 18.4. The summed E-state index contributed by atoms with van der Waals surface area (Å²) in [5.74, 6) is 0.392. The van der Waals surface area contributed by atoms with Gasteiger partial charge in [-0.3, -0.25) is 0 Å². The maximum atomic E-state index is 11.2. The van der Waals surface area contributed by atoms with Crippen LogP contribution in [0, 0.1) is 11.3 Å². The minimum atomic E-state index is -1.63. The van der Waals surface area contributed by atoms with Crippen LogP contribution in [0.25, 0.3) is 0 Å². The van der Waals surface area contributed by atoms with E-state index in [1.807, 2.05) is 0 Å². The summed E-state index contributed by atoms with van der Waals surface area (Å²) in [5.41, 5.74) is -0.198. The van der Waals surface area contributed by atoms with Gasteiger partial charge in [-0.25, -0.2) is 0 Å². The van der Waals surface area contributed by atoms with E-state index < -0.39 is 8.32 Å². The van der Waals surface area contributed by atoms with Crippen LogP contribution in [0.5, 0.6) is 0 Å². The van der Waals surface area contributed by atoms with Gasteiger partial charge in [0.1, 0.15) is 6.29 Å². The Morgan fingerprint density at radius 2 is 1.67 bits per heavy atom. The smallest absolute Gasteiger partial charge is 0.191 e. The number of aldehydes is 1. The molecule has 0 N–H and O–H groups in total. The molecule has 3 heteroatoms. The van der Waals surface area contributed by atoms with E-state index in [4.69, 9.17) is 4.43 Å². The second-order valence-corrected chi connectivity index (χ2v) is 12.3. The van der Waals surface area contributed by atoms with Gasteiger partial charge in [0.2, 0.25) is 0 Å². The highest BCUT2D eigenvalue weighted by molar-refractivity contribution is 6.74. The molecule has 108 valence electrons. The van der Waals surface area contributed by atoms with Crippen molar-refractivity contribution in [3.05, 3.63) is 0 Å². The van der Waals surface area contributed by atoms with Gasteiger partial charge in [-0.05, 0) is 36.9 Å². The number of carbonyl (C=O) groups is 1. The molecule has 1 atom stereocenters. The predicted octanol–water partition coefficient (Wildman–Crippen LogP) is 4.65. The SMILES string of the molecule is CC(C)[C@@](C)(C=O)CCCO[Si](C)(C)C(C)(C)C. The Balaban J connectivity index is 4.19. The van der Waals surface area contributed by atoms with Crippen molar-refractivity contribution in [3.63, 3.8) is 0 Å². The molecule has 0 aliphatic carbocycles. The fourth-order valence-electron chi connectivity index (χ4n) is 1.48. The first-order chi connectivity index (χ1) is 7.96. The van der Waals surface area contributed by atoms with Crippen molar-refractivity contribution in [1.29, 1.82) is 0 Å². The molecule has 0 unspecified atom stereocenters. The van der Waals surface area contributed by atoms with Gasteiger partial charge in [0.25, 0.3) is 0 Å². The Morgan fingerprint density at radius 1 is 1.17 bits per heavy atom. The maximum absolute atomic E-state index is 11.2. The van der Waals surface area contributed by atoms with Crippen LogP contribution in [0.15, 0.2) is 0 Å². The van der Waals surface area contributed by atoms with Gasteiger partial charge >= 0.3 is 0 Å². The first-order valence-corrected chi connectivity index (χ1v) is 9.97. The van der Waals surface area contributed by atoms with Gasteiger partial charge < -0.3 is 9.22 Å². The molecule has 0 radical (unpaired) electrons. The molecule has 0 aliphatic heterocycles. The molecule has 0 aromatic rings. The average molecular weight is 273 g/mol. The molecule has 0 fully saturated rings. The minimum Gasteiger partial charge on any atom is -0.417 e. The van der Waals surface area contributed by atoms with Gasteiger partial charge in [-0.1, -0.05) is 41.5 Å². The lowest BCUT2D eigenvalue weighted by molar-refractivity contribution is -0.118. The zero-order chi connectivity index (χ0) is 14.6. The van der Waals surface area contributed by atoms with E-state index >= 15 is 0 Å². The fourth-order valence-corrected chi connectivity index (χ4v) is 2.57. The lowest BCUT2D eigenvalue weighted by Gasteiger charge is -2.36. The molecule has 0 aliphatic rings. The van der Waals surface area contributed by atoms with E-state index in [1.54, 1.807) is 0 Å². The molecule has 0 saturated heterocycles. The van der Waals surface area contributed by atoms with E-state index in [1.165, 1.54) is 0 Å². The minimum absolute atomic E-state index is 0.198. The first kappa shape index (κ1) is 17.8. The molecule has 0 bridgehead atoms. The summed E-state index contributed by atoms with van der Waals surface area (Å²) < 4.78 is 6.14. The molecule has 0 heterocycles. The Labute approximate surface area is 115 Å². The van der Waals surface area contributed by atoms with Gasteiger partial charge in [0.05, 0.1) is 0 Å². The Morgan fingerprint density at radius 3 is 2.00 bits per heavy atom. The third-order valence-electron chi connectivity index (χ3n) is 4.72. The number of hydrogen-bond acceptors (Lipinski definition) is 2. The third kappa shape index (κ3) is 4.85. The van der Waals surface area contributed by atoms with Crippen LogP contribution in [-0.4, -0.2) is 21.2 Å². The molecule has 0 spiro atoms. The zero-order valence-electron chi connectivity index (χ0n) is 13.6. The Bertz CT molecular complexity index is 266. The summed E-state index contributed by atoms with van der Waals surface area (Å²) in [4.78, 5) is 11.2. The molecular weight excluding hydrogens is 240 g/mol. The third-order valence-corrected chi connectivity index (χ3v) is 9.26. The number of rotatable bonds is 7. The Kier molecular flexibility index (Phi) is 6.28. The molecule has 18 heavy (non-hydrogen) atoms. The van der Waals surface area contributed by atoms with Crippen molar-refractivity contribution >= 4 is 14.6 Å². The summed E-state index contributed by atoms with van der Waals surface area (Å²) >= 11 is 0. The second-order valence-electron chi connectivity index (χ2n) is 7.49. The van der Waals surface area contributed by atoms with Crippen molar-refractivity contribution < 1.29 is 9.22 Å². The quantitative estimate of drug-likeness (QED) is 0.383. The average Bonchev–Trinajstić information content (AvgIpc) is 2.22. The zero-order valence-corrected chi connectivity index (χ0v) is 14.6. The normalized spacial score (nSPS) is 16.7. The molecule has 0 amide bonds. The van der Waals surface area contributed by atoms with Gasteiger partial charge in [0, 0.05) is 12.0 Å². The molecular formula is C15H32O2Si. The number of carbonyl (C=O) groups excluding carboxylic acids is 1. The maximum Gasteiger partial charge on any atom is 0.191 e. The van der Waals surface area contributed by atoms with E-state index in [9.17, 15) is 4.79 Å². The van der Waals surface area contributed by atoms with Gasteiger partial charge in [0.15, 0.2) is 8.32 Å². The molecule has 2 nitrogen and oxygen atoms in total. The predicted molar refractivity (Wildman–Crippen MR) is 81.4 cm³/mol. The van der Waals surface area contributed by atoms with Crippen LogP contribution in [0.4, 0.5) is 0 Å². The lowest BCUT2D eigenvalue weighted by Crippen LogP contribution is -2.41. The van der Waals surface area contributed by atoms with Crippen LogP contribution in [-0.2, 0) is 9.22 Å². The van der Waals surface area contributed by atoms with Crippen LogP contribution < -0.4 is 0 Å². The first-order valence-electron chi connectivity index (χ1n) is 7.06. The van der Waals surface area contributed by atoms with Crippen molar-refractivity contribution in [1.82, 2.24) is 0 Å². The Hall–Kier alpha value is -0.153. The van der Waals surface area contributed by atoms with Crippen LogP contribution in [0.2, 0.25) is 18.1 Å². The van der Waals surface area contributed by atoms with E-state index in [2.05, 4.69) is 54.6 Å². The molecule has 0 aromatic carbocycles. The second kappa shape index (κ2) is 6.33. The van der Waals surface area contributed by atoms with Crippen LogP contribution in [0.1, 0.15) is 54.4 Å². The number of hydrogen-bond donors (Lipinski definition) is 0. The van der Waals surface area contributed by atoms with E-state index in [0.717, 1.165) is 25.7 Å². The van der Waals surface area contributed by atoms with Crippen molar-refractivity contribution in [2.24, 2.45) is 11.3 Å². The monoisotopic (exact) mass is 272 g/mol. The summed E-state index contributed by atoms with van der Waals surface area (Å²) in [6.07, 6.45) is 3.01. The highest BCUT2D eigenvalue weighted by atomic mass is 28.4. The van der Waals surface area contributed by atoms with Crippen molar-refractivity contribution in [3.8, 4) is 0 Å². The topological polar surface area (TPSA) is 26.3 Å². The van der Waals surface area contributed by atoms with Crippen LogP contribution >= 0.6 is 0 Å². The summed E-state index contributed by atoms with van der Waals surface area (Å²) in [5, 5.41) is 0.263. The van der Waals surface area contributed by atoms with Crippen molar-refractivity contribution in [2.45, 2.75) is 72.5 Å². The highest BCUT2D eigenvalue weighted by Crippen LogP contribution is 2.37. The largest absolute Gasteiger partial charge is 0.417 e. The van der Waals surface area contributed by atoms with Gasteiger partial charge in [-0.2, -0.15) is 0 Å². The van der Waals surface area contributed by atoms with E-state index in [-0.39, 0.29) is 10.5 Å². The molecule has 0 saturated carbocycles. The van der Waals surface area contributed by atoms with E-state index in [0.29, 0.717) is 5.92 Å².